The minimum Gasteiger partial charge on any atom is -0.480 e. The zero-order valence-corrected chi connectivity index (χ0v) is 11.6. The molecule has 0 aromatic carbocycles. The number of rotatable bonds is 5. The lowest BCUT2D eigenvalue weighted by Crippen LogP contribution is -2.48. The van der Waals surface area contributed by atoms with Gasteiger partial charge >= 0.3 is 5.97 Å². The second kappa shape index (κ2) is 5.83. The molecular weight excluding hydrogens is 216 g/mol. The molecule has 1 fully saturated rings. The van der Waals surface area contributed by atoms with Crippen LogP contribution in [-0.4, -0.2) is 60.1 Å². The van der Waals surface area contributed by atoms with Gasteiger partial charge in [0.1, 0.15) is 5.54 Å². The molecule has 1 aliphatic rings. The number of nitrogens with zero attached hydrogens (tertiary/aromatic N) is 2. The fourth-order valence-corrected chi connectivity index (χ4v) is 2.33. The molecule has 0 saturated carbocycles. The average molecular weight is 242 g/mol. The molecule has 0 amide bonds. The minimum atomic E-state index is -0.763. The lowest BCUT2D eigenvalue weighted by atomic mass is 9.94. The summed E-state index contributed by atoms with van der Waals surface area (Å²) in [6.07, 6.45) is 3.65. The van der Waals surface area contributed by atoms with Gasteiger partial charge in [0, 0.05) is 6.54 Å². The largest absolute Gasteiger partial charge is 0.480 e. The van der Waals surface area contributed by atoms with E-state index in [0.717, 1.165) is 25.4 Å². The Morgan fingerprint density at radius 2 is 2.18 bits per heavy atom. The van der Waals surface area contributed by atoms with Crippen molar-refractivity contribution in [1.82, 2.24) is 9.80 Å². The van der Waals surface area contributed by atoms with Gasteiger partial charge in [-0.1, -0.05) is 0 Å². The molecule has 0 radical (unpaired) electrons. The monoisotopic (exact) mass is 242 g/mol. The first kappa shape index (κ1) is 14.5. The van der Waals surface area contributed by atoms with E-state index in [1.807, 2.05) is 11.9 Å². The minimum absolute atomic E-state index is 0.723. The topological polar surface area (TPSA) is 43.8 Å². The van der Waals surface area contributed by atoms with Gasteiger partial charge in [0.15, 0.2) is 0 Å². The van der Waals surface area contributed by atoms with Gasteiger partial charge in [-0.15, -0.1) is 0 Å². The van der Waals surface area contributed by atoms with E-state index in [1.54, 1.807) is 13.8 Å². The van der Waals surface area contributed by atoms with Gasteiger partial charge in [0.05, 0.1) is 0 Å². The van der Waals surface area contributed by atoms with Crippen LogP contribution in [0.3, 0.4) is 0 Å². The van der Waals surface area contributed by atoms with Gasteiger partial charge in [-0.3, -0.25) is 9.69 Å². The fraction of sp³-hybridized carbons (Fsp3) is 0.923. The van der Waals surface area contributed by atoms with Crippen molar-refractivity contribution in [3.05, 3.63) is 0 Å². The van der Waals surface area contributed by atoms with Crippen molar-refractivity contribution in [2.24, 2.45) is 5.92 Å². The molecule has 1 atom stereocenters. The van der Waals surface area contributed by atoms with Crippen molar-refractivity contribution in [2.75, 3.05) is 33.7 Å². The second-order valence-electron chi connectivity index (χ2n) is 5.84. The molecule has 0 bridgehead atoms. The van der Waals surface area contributed by atoms with Crippen molar-refractivity contribution < 1.29 is 9.90 Å². The van der Waals surface area contributed by atoms with Crippen LogP contribution in [0.4, 0.5) is 0 Å². The number of carboxylic acid groups (broad SMARTS) is 1. The van der Waals surface area contributed by atoms with Crippen molar-refractivity contribution in [3.63, 3.8) is 0 Å². The summed E-state index contributed by atoms with van der Waals surface area (Å²) < 4.78 is 0. The molecular formula is C13H26N2O2. The first-order chi connectivity index (χ1) is 7.84. The van der Waals surface area contributed by atoms with Crippen LogP contribution in [-0.2, 0) is 4.79 Å². The van der Waals surface area contributed by atoms with Gasteiger partial charge in [0.25, 0.3) is 0 Å². The third-order valence-corrected chi connectivity index (χ3v) is 4.07. The molecule has 1 unspecified atom stereocenters. The SMILES string of the molecule is CN1CCCC(CCN(C)C(C)(C)C(=O)O)C1. The van der Waals surface area contributed by atoms with Crippen molar-refractivity contribution in [2.45, 2.75) is 38.6 Å². The number of likely N-dealkylation sites (tertiary alicyclic amines) is 1. The van der Waals surface area contributed by atoms with Crippen LogP contribution in [0.5, 0.6) is 0 Å². The lowest BCUT2D eigenvalue weighted by molar-refractivity contribution is -0.148. The van der Waals surface area contributed by atoms with Crippen LogP contribution in [0.2, 0.25) is 0 Å². The Balaban J connectivity index is 2.37. The Morgan fingerprint density at radius 1 is 1.53 bits per heavy atom. The molecule has 0 aliphatic carbocycles. The van der Waals surface area contributed by atoms with E-state index in [2.05, 4.69) is 11.9 Å². The standard InChI is InChI=1S/C13H26N2O2/c1-13(2,12(16)17)15(4)9-7-11-6-5-8-14(3)10-11/h11H,5-10H2,1-4H3,(H,16,17). The van der Waals surface area contributed by atoms with Crippen LogP contribution >= 0.6 is 0 Å². The van der Waals surface area contributed by atoms with Crippen LogP contribution in [0, 0.1) is 5.92 Å². The van der Waals surface area contributed by atoms with E-state index in [-0.39, 0.29) is 0 Å². The summed E-state index contributed by atoms with van der Waals surface area (Å²) in [6.45, 7) is 6.75. The number of hydrogen-bond donors (Lipinski definition) is 1. The molecule has 0 spiro atoms. The Hall–Kier alpha value is -0.610. The number of aliphatic carboxylic acids is 1. The predicted octanol–water partition coefficient (Wildman–Crippen LogP) is 1.51. The normalized spacial score (nSPS) is 23.0. The maximum absolute atomic E-state index is 11.1. The van der Waals surface area contributed by atoms with Gasteiger partial charge in [-0.25, -0.2) is 0 Å². The van der Waals surface area contributed by atoms with Crippen molar-refractivity contribution >= 4 is 5.97 Å². The zero-order chi connectivity index (χ0) is 13.1. The quantitative estimate of drug-likeness (QED) is 0.794. The summed E-state index contributed by atoms with van der Waals surface area (Å²) in [6, 6.07) is 0. The van der Waals surface area contributed by atoms with Crippen LogP contribution in [0.25, 0.3) is 0 Å². The summed E-state index contributed by atoms with van der Waals surface area (Å²) in [4.78, 5) is 15.4. The first-order valence-corrected chi connectivity index (χ1v) is 6.47. The fourth-order valence-electron chi connectivity index (χ4n) is 2.33. The first-order valence-electron chi connectivity index (χ1n) is 6.47. The third-order valence-electron chi connectivity index (χ3n) is 4.07. The van der Waals surface area contributed by atoms with E-state index in [9.17, 15) is 4.79 Å². The molecule has 17 heavy (non-hydrogen) atoms. The molecule has 1 N–H and O–H groups in total. The predicted molar refractivity (Wildman–Crippen MR) is 69.2 cm³/mol. The highest BCUT2D eigenvalue weighted by Crippen LogP contribution is 2.20. The summed E-state index contributed by atoms with van der Waals surface area (Å²) in [7, 11) is 4.07. The lowest BCUT2D eigenvalue weighted by Gasteiger charge is -2.34. The maximum Gasteiger partial charge on any atom is 0.323 e. The average Bonchev–Trinajstić information content (AvgIpc) is 2.25. The van der Waals surface area contributed by atoms with E-state index >= 15 is 0 Å². The van der Waals surface area contributed by atoms with Gasteiger partial charge in [-0.2, -0.15) is 0 Å². The zero-order valence-electron chi connectivity index (χ0n) is 11.6. The molecule has 4 heteroatoms. The Bertz CT molecular complexity index is 266. The summed E-state index contributed by atoms with van der Waals surface area (Å²) >= 11 is 0. The van der Waals surface area contributed by atoms with Crippen LogP contribution < -0.4 is 0 Å². The van der Waals surface area contributed by atoms with E-state index < -0.39 is 11.5 Å². The van der Waals surface area contributed by atoms with E-state index in [0.29, 0.717) is 0 Å². The van der Waals surface area contributed by atoms with Gasteiger partial charge < -0.3 is 10.0 Å². The van der Waals surface area contributed by atoms with Gasteiger partial charge in [0.2, 0.25) is 0 Å². The number of hydrogen-bond acceptors (Lipinski definition) is 3. The highest BCUT2D eigenvalue weighted by molar-refractivity contribution is 5.77. The number of carbonyl (C=O) groups is 1. The summed E-state index contributed by atoms with van der Waals surface area (Å²) in [5, 5.41) is 9.14. The number of carboxylic acids is 1. The Morgan fingerprint density at radius 3 is 2.71 bits per heavy atom. The molecule has 4 nitrogen and oxygen atoms in total. The molecule has 1 rings (SSSR count). The number of piperidine rings is 1. The Kier molecular flexibility index (Phi) is 4.95. The smallest absolute Gasteiger partial charge is 0.323 e. The summed E-state index contributed by atoms with van der Waals surface area (Å²) in [5.74, 6) is -0.0263. The van der Waals surface area contributed by atoms with E-state index in [4.69, 9.17) is 5.11 Å². The third kappa shape index (κ3) is 3.96. The molecule has 0 aromatic heterocycles. The van der Waals surface area contributed by atoms with Crippen molar-refractivity contribution in [1.29, 1.82) is 0 Å². The number of likely N-dealkylation sites (N-methyl/N-ethyl adjacent to an activating group) is 1. The maximum atomic E-state index is 11.1. The molecule has 100 valence electrons. The van der Waals surface area contributed by atoms with E-state index in [1.165, 1.54) is 19.4 Å². The molecule has 0 aromatic rings. The summed E-state index contributed by atoms with van der Waals surface area (Å²) in [5.41, 5.74) is -0.763. The van der Waals surface area contributed by atoms with Crippen LogP contribution in [0.15, 0.2) is 0 Å². The highest BCUT2D eigenvalue weighted by Gasteiger charge is 2.32. The Labute approximate surface area is 105 Å². The van der Waals surface area contributed by atoms with Gasteiger partial charge in [-0.05, 0) is 66.2 Å². The molecule has 1 saturated heterocycles. The van der Waals surface area contributed by atoms with Crippen LogP contribution in [0.1, 0.15) is 33.1 Å². The highest BCUT2D eigenvalue weighted by atomic mass is 16.4. The second-order valence-corrected chi connectivity index (χ2v) is 5.84. The van der Waals surface area contributed by atoms with Crippen molar-refractivity contribution in [3.8, 4) is 0 Å². The molecule has 1 aliphatic heterocycles. The molecule has 1 heterocycles.